The lowest BCUT2D eigenvalue weighted by atomic mass is 9.88. The first-order valence-corrected chi connectivity index (χ1v) is 4.76. The first-order chi connectivity index (χ1) is 6.88. The average Bonchev–Trinajstić information content (AvgIpc) is 2.05. The third kappa shape index (κ3) is 4.23. The van der Waals surface area contributed by atoms with Gasteiger partial charge in [0, 0.05) is 6.20 Å². The van der Waals surface area contributed by atoms with Crippen LogP contribution in [0, 0.1) is 5.41 Å². The Morgan fingerprint density at radius 1 is 1.40 bits per heavy atom. The molecule has 0 bridgehead atoms. The Balaban J connectivity index is 2.86. The second-order valence-corrected chi connectivity index (χ2v) is 4.60. The quantitative estimate of drug-likeness (QED) is 0.772. The van der Waals surface area contributed by atoms with Crippen LogP contribution >= 0.6 is 0 Å². The van der Waals surface area contributed by atoms with Gasteiger partial charge < -0.3 is 4.74 Å². The van der Waals surface area contributed by atoms with Gasteiger partial charge in [-0.25, -0.2) is 0 Å². The molecule has 84 valence electrons. The highest BCUT2D eigenvalue weighted by atomic mass is 19.3. The predicted molar refractivity (Wildman–Crippen MR) is 54.0 cm³/mol. The zero-order valence-corrected chi connectivity index (χ0v) is 9.13. The van der Waals surface area contributed by atoms with Crippen LogP contribution in [0.4, 0.5) is 8.78 Å². The van der Waals surface area contributed by atoms with E-state index in [9.17, 15) is 8.78 Å². The maximum atomic E-state index is 12.1. The number of nitrogens with zero attached hydrogens (tertiary/aromatic N) is 1. The van der Waals surface area contributed by atoms with Crippen LogP contribution in [0.5, 0.6) is 5.75 Å². The van der Waals surface area contributed by atoms with Crippen molar-refractivity contribution in [3.63, 3.8) is 0 Å². The monoisotopic (exact) mass is 215 g/mol. The first kappa shape index (κ1) is 11.9. The second-order valence-electron chi connectivity index (χ2n) is 4.60. The Bertz CT molecular complexity index is 321. The fourth-order valence-electron chi connectivity index (χ4n) is 1.33. The molecule has 1 rings (SSSR count). The highest BCUT2D eigenvalue weighted by molar-refractivity contribution is 5.30. The van der Waals surface area contributed by atoms with Crippen LogP contribution in [0.3, 0.4) is 0 Å². The van der Waals surface area contributed by atoms with Gasteiger partial charge in [0.15, 0.2) is 0 Å². The fraction of sp³-hybridized carbons (Fsp3) is 0.545. The smallest absolute Gasteiger partial charge is 0.387 e. The summed E-state index contributed by atoms with van der Waals surface area (Å²) in [6.45, 7) is 3.33. The van der Waals surface area contributed by atoms with E-state index in [0.29, 0.717) is 6.42 Å². The number of hydrogen-bond acceptors (Lipinski definition) is 2. The largest absolute Gasteiger partial charge is 0.433 e. The maximum absolute atomic E-state index is 12.1. The number of alkyl halides is 2. The SMILES string of the molecule is CC(C)(C)Cc1ccncc1OC(F)F. The summed E-state index contributed by atoms with van der Waals surface area (Å²) in [5.74, 6) is 0.169. The van der Waals surface area contributed by atoms with Crippen LogP contribution in [0.2, 0.25) is 0 Å². The Hall–Kier alpha value is -1.19. The summed E-state index contributed by atoms with van der Waals surface area (Å²) >= 11 is 0. The number of aromatic nitrogens is 1. The lowest BCUT2D eigenvalue weighted by Crippen LogP contribution is -2.12. The molecule has 0 aliphatic carbocycles. The molecule has 4 heteroatoms. The van der Waals surface area contributed by atoms with E-state index in [4.69, 9.17) is 0 Å². The molecule has 1 aromatic rings. The summed E-state index contributed by atoms with van der Waals surface area (Å²) in [7, 11) is 0. The molecule has 0 atom stereocenters. The lowest BCUT2D eigenvalue weighted by Gasteiger charge is -2.19. The van der Waals surface area contributed by atoms with Crippen molar-refractivity contribution in [1.29, 1.82) is 0 Å². The third-order valence-corrected chi connectivity index (χ3v) is 1.81. The Kier molecular flexibility index (Phi) is 3.61. The van der Waals surface area contributed by atoms with Crippen LogP contribution in [0.25, 0.3) is 0 Å². The standard InChI is InChI=1S/C11H15F2NO/c1-11(2,3)6-8-4-5-14-7-9(8)15-10(12)13/h4-5,7,10H,6H2,1-3H3. The Labute approximate surface area is 88.3 Å². The third-order valence-electron chi connectivity index (χ3n) is 1.81. The van der Waals surface area contributed by atoms with Crippen LogP contribution in [-0.4, -0.2) is 11.6 Å². The van der Waals surface area contributed by atoms with Gasteiger partial charge in [0.25, 0.3) is 0 Å². The molecule has 0 aromatic carbocycles. The molecule has 0 unspecified atom stereocenters. The highest BCUT2D eigenvalue weighted by Crippen LogP contribution is 2.27. The van der Waals surface area contributed by atoms with Crippen molar-refractivity contribution >= 4 is 0 Å². The second kappa shape index (κ2) is 4.55. The van der Waals surface area contributed by atoms with E-state index in [0.717, 1.165) is 5.56 Å². The zero-order valence-electron chi connectivity index (χ0n) is 9.13. The minimum absolute atomic E-state index is 0.0294. The number of ether oxygens (including phenoxy) is 1. The molecule has 1 aromatic heterocycles. The Morgan fingerprint density at radius 2 is 2.07 bits per heavy atom. The summed E-state index contributed by atoms with van der Waals surface area (Å²) in [4.78, 5) is 3.77. The summed E-state index contributed by atoms with van der Waals surface area (Å²) in [5.41, 5.74) is 0.791. The lowest BCUT2D eigenvalue weighted by molar-refractivity contribution is -0.0508. The molecule has 0 N–H and O–H groups in total. The summed E-state index contributed by atoms with van der Waals surface area (Å²) in [6, 6.07) is 1.71. The van der Waals surface area contributed by atoms with Crippen LogP contribution < -0.4 is 4.74 Å². The van der Waals surface area contributed by atoms with Crippen molar-refractivity contribution in [2.45, 2.75) is 33.8 Å². The summed E-state index contributed by atoms with van der Waals surface area (Å²) in [6.07, 6.45) is 3.59. The molecule has 2 nitrogen and oxygen atoms in total. The molecule has 0 aliphatic heterocycles. The number of halogens is 2. The molecule has 0 spiro atoms. The summed E-state index contributed by atoms with van der Waals surface area (Å²) < 4.78 is 28.6. The predicted octanol–water partition coefficient (Wildman–Crippen LogP) is 3.27. The minimum atomic E-state index is -2.80. The Morgan fingerprint density at radius 3 is 2.60 bits per heavy atom. The van der Waals surface area contributed by atoms with E-state index in [2.05, 4.69) is 9.72 Å². The van der Waals surface area contributed by atoms with E-state index >= 15 is 0 Å². The molecule has 15 heavy (non-hydrogen) atoms. The molecule has 0 saturated carbocycles. The summed E-state index contributed by atoms with van der Waals surface area (Å²) in [5, 5.41) is 0. The van der Waals surface area contributed by atoms with Gasteiger partial charge in [-0.1, -0.05) is 20.8 Å². The highest BCUT2D eigenvalue weighted by Gasteiger charge is 2.16. The van der Waals surface area contributed by atoms with E-state index in [1.165, 1.54) is 6.20 Å². The van der Waals surface area contributed by atoms with Crippen molar-refractivity contribution in [3.8, 4) is 5.75 Å². The van der Waals surface area contributed by atoms with Gasteiger partial charge in [-0.15, -0.1) is 0 Å². The molecule has 0 saturated heterocycles. The number of pyridine rings is 1. The minimum Gasteiger partial charge on any atom is -0.433 e. The number of hydrogen-bond donors (Lipinski definition) is 0. The maximum Gasteiger partial charge on any atom is 0.387 e. The van der Waals surface area contributed by atoms with Crippen molar-refractivity contribution in [2.75, 3.05) is 0 Å². The van der Waals surface area contributed by atoms with Crippen LogP contribution in [0.15, 0.2) is 18.5 Å². The number of rotatable bonds is 3. The van der Waals surface area contributed by atoms with Crippen LogP contribution in [-0.2, 0) is 6.42 Å². The van der Waals surface area contributed by atoms with Crippen molar-refractivity contribution in [2.24, 2.45) is 5.41 Å². The van der Waals surface area contributed by atoms with E-state index in [-0.39, 0.29) is 11.2 Å². The molecule has 0 aliphatic rings. The van der Waals surface area contributed by atoms with Gasteiger partial charge in [-0.3, -0.25) is 4.98 Å². The van der Waals surface area contributed by atoms with E-state index < -0.39 is 6.61 Å². The fourth-order valence-corrected chi connectivity index (χ4v) is 1.33. The van der Waals surface area contributed by atoms with E-state index in [1.54, 1.807) is 12.3 Å². The van der Waals surface area contributed by atoms with Crippen molar-refractivity contribution in [1.82, 2.24) is 4.98 Å². The average molecular weight is 215 g/mol. The first-order valence-electron chi connectivity index (χ1n) is 4.76. The van der Waals surface area contributed by atoms with Gasteiger partial charge in [0.2, 0.25) is 0 Å². The molecular formula is C11H15F2NO. The van der Waals surface area contributed by atoms with Gasteiger partial charge in [0.1, 0.15) is 5.75 Å². The topological polar surface area (TPSA) is 22.1 Å². The van der Waals surface area contributed by atoms with Gasteiger partial charge >= 0.3 is 6.61 Å². The molecule has 1 heterocycles. The van der Waals surface area contributed by atoms with Gasteiger partial charge in [0.05, 0.1) is 6.20 Å². The molecule has 0 radical (unpaired) electrons. The molecule has 0 amide bonds. The van der Waals surface area contributed by atoms with E-state index in [1.807, 2.05) is 20.8 Å². The van der Waals surface area contributed by atoms with Gasteiger partial charge in [-0.2, -0.15) is 8.78 Å². The molecule has 0 fully saturated rings. The van der Waals surface area contributed by atoms with Gasteiger partial charge in [-0.05, 0) is 23.5 Å². The van der Waals surface area contributed by atoms with Crippen molar-refractivity contribution in [3.05, 3.63) is 24.0 Å². The zero-order chi connectivity index (χ0) is 11.5. The normalized spacial score (nSPS) is 11.9. The molecular weight excluding hydrogens is 200 g/mol. The van der Waals surface area contributed by atoms with Crippen molar-refractivity contribution < 1.29 is 13.5 Å². The van der Waals surface area contributed by atoms with Crippen LogP contribution in [0.1, 0.15) is 26.3 Å².